The number of hydrogen-bond donors (Lipinski definition) is 0. The Hall–Kier alpha value is 1.01. The predicted octanol–water partition coefficient (Wildman–Crippen LogP) is 0.635. The van der Waals surface area contributed by atoms with Crippen molar-refractivity contribution in [3.8, 4) is 0 Å². The number of halogens is 1. The van der Waals surface area contributed by atoms with E-state index in [0.717, 1.165) is 7.93 Å². The van der Waals surface area contributed by atoms with E-state index in [1.807, 2.05) is 0 Å². The van der Waals surface area contributed by atoms with Crippen LogP contribution in [-0.2, 0) is 0 Å². The van der Waals surface area contributed by atoms with Crippen LogP contribution in [0.15, 0.2) is 12.2 Å². The molecular weight excluding hydrogens is 328 g/mol. The van der Waals surface area contributed by atoms with E-state index in [9.17, 15) is 0 Å². The largest absolute Gasteiger partial charge is 1.00 e. The average Bonchev–Trinajstić information content (AvgIpc) is 2.18. The van der Waals surface area contributed by atoms with Crippen LogP contribution in [0.4, 0.5) is 0 Å². The summed E-state index contributed by atoms with van der Waals surface area (Å²) in [5.41, 5.74) is 1.43. The molecule has 1 aliphatic heterocycles. The topological polar surface area (TPSA) is 0 Å². The van der Waals surface area contributed by atoms with E-state index in [2.05, 4.69) is 27.4 Å². The van der Waals surface area contributed by atoms with Gasteiger partial charge >= 0.3 is 77.7 Å². The van der Waals surface area contributed by atoms with Crippen molar-refractivity contribution in [2.45, 2.75) is 46.0 Å². The van der Waals surface area contributed by atoms with Gasteiger partial charge in [-0.3, -0.25) is 0 Å². The van der Waals surface area contributed by atoms with E-state index < -0.39 is 19.6 Å². The second kappa shape index (κ2) is 5.68. The van der Waals surface area contributed by atoms with Gasteiger partial charge in [0, 0.05) is 0 Å². The van der Waals surface area contributed by atoms with Crippen molar-refractivity contribution in [3.63, 3.8) is 0 Å². The maximum Gasteiger partial charge on any atom is -1.00 e. The second-order valence-corrected chi connectivity index (χ2v) is 11.9. The molecule has 0 radical (unpaired) electrons. The van der Waals surface area contributed by atoms with Crippen molar-refractivity contribution in [2.75, 3.05) is 0 Å². The third-order valence-corrected chi connectivity index (χ3v) is 12.0. The Balaban J connectivity index is 0.00000121. The maximum absolute atomic E-state index is 4.03. The molecule has 0 nitrogen and oxygen atoms in total. The molecule has 0 N–H and O–H groups in total. The molecule has 0 saturated carbocycles. The van der Waals surface area contributed by atoms with E-state index >= 15 is 0 Å². The molecule has 1 heterocycles. The smallest absolute Gasteiger partial charge is 1.00 e. The fourth-order valence-corrected chi connectivity index (χ4v) is 9.75. The first-order valence-electron chi connectivity index (χ1n) is 4.44. The minimum Gasteiger partial charge on any atom is -1.00 e. The predicted molar refractivity (Wildman–Crippen MR) is 53.5 cm³/mol. The summed E-state index contributed by atoms with van der Waals surface area (Å²) in [7, 11) is 0. The van der Waals surface area contributed by atoms with E-state index in [4.69, 9.17) is 0 Å². The number of allylic oxidation sites excluding steroid dienone is 1. The van der Waals surface area contributed by atoms with Gasteiger partial charge in [0.2, 0.25) is 0 Å². The first-order valence-corrected chi connectivity index (χ1v) is 8.78. The van der Waals surface area contributed by atoms with E-state index in [1.54, 1.807) is 0 Å². The summed E-state index contributed by atoms with van der Waals surface area (Å²) >= 11 is -0.729. The first-order chi connectivity index (χ1) is 5.11. The molecule has 0 spiro atoms. The Morgan fingerprint density at radius 3 is 2.08 bits per heavy atom. The van der Waals surface area contributed by atoms with Gasteiger partial charge in [0.05, 0.1) is 0 Å². The molecule has 0 aromatic rings. The van der Waals surface area contributed by atoms with Crippen molar-refractivity contribution in [2.24, 2.45) is 0 Å². The summed E-state index contributed by atoms with van der Waals surface area (Å²) in [6, 6.07) is 0. The zero-order chi connectivity index (χ0) is 8.43. The van der Waals surface area contributed by atoms with Gasteiger partial charge in [0.25, 0.3) is 0 Å². The SMILES string of the molecule is C=C(C)C[Te+]1C(C)CCC1C.[Br-]. The van der Waals surface area contributed by atoms with Crippen molar-refractivity contribution in [1.29, 1.82) is 0 Å². The minimum absolute atomic E-state index is 0. The standard InChI is InChI=1S/C10H19Te.BrH/c1-8(2)7-11-9(3)5-6-10(11)4;/h9-10H,1,5-7H2,2-4H3;1H/q+1;/p-1. The molecule has 0 aromatic carbocycles. The van der Waals surface area contributed by atoms with Crippen LogP contribution in [0.5, 0.6) is 0 Å². The molecule has 72 valence electrons. The fourth-order valence-electron chi connectivity index (χ4n) is 1.74. The van der Waals surface area contributed by atoms with Gasteiger partial charge in [-0.15, -0.1) is 0 Å². The molecule has 1 aliphatic rings. The summed E-state index contributed by atoms with van der Waals surface area (Å²) in [5.74, 6) is 0. The van der Waals surface area contributed by atoms with Gasteiger partial charge in [-0.25, -0.2) is 0 Å². The summed E-state index contributed by atoms with van der Waals surface area (Å²) in [6.45, 7) is 11.1. The van der Waals surface area contributed by atoms with Gasteiger partial charge < -0.3 is 17.0 Å². The Kier molecular flexibility index (Phi) is 6.16. The Morgan fingerprint density at radius 1 is 1.33 bits per heavy atom. The van der Waals surface area contributed by atoms with Crippen molar-refractivity contribution >= 4 is 19.6 Å². The Labute approximate surface area is 94.2 Å². The minimum atomic E-state index is -0.729. The zero-order valence-electron chi connectivity index (χ0n) is 8.27. The molecule has 12 heavy (non-hydrogen) atoms. The molecule has 2 atom stereocenters. The third-order valence-electron chi connectivity index (χ3n) is 2.43. The van der Waals surface area contributed by atoms with Crippen LogP contribution in [0, 0.1) is 0 Å². The van der Waals surface area contributed by atoms with E-state index in [-0.39, 0.29) is 17.0 Å². The molecule has 1 saturated heterocycles. The zero-order valence-corrected chi connectivity index (χ0v) is 12.2. The Morgan fingerprint density at radius 2 is 1.75 bits per heavy atom. The number of hydrogen-bond acceptors (Lipinski definition) is 0. The second-order valence-electron chi connectivity index (χ2n) is 3.77. The quantitative estimate of drug-likeness (QED) is 0.508. The first kappa shape index (κ1) is 13.0. The van der Waals surface area contributed by atoms with E-state index in [0.29, 0.717) is 0 Å². The maximum atomic E-state index is 4.03. The van der Waals surface area contributed by atoms with Gasteiger partial charge in [-0.2, -0.15) is 0 Å². The fraction of sp³-hybridized carbons (Fsp3) is 0.800. The molecule has 1 rings (SSSR count). The van der Waals surface area contributed by atoms with Gasteiger partial charge in [0.15, 0.2) is 0 Å². The summed E-state index contributed by atoms with van der Waals surface area (Å²) in [4.78, 5) is 0. The molecule has 2 unspecified atom stereocenters. The van der Waals surface area contributed by atoms with E-state index in [1.165, 1.54) is 22.9 Å². The van der Waals surface area contributed by atoms with Crippen LogP contribution in [0.2, 0.25) is 12.4 Å². The molecule has 2 heteroatoms. The van der Waals surface area contributed by atoms with Crippen molar-refractivity contribution in [3.05, 3.63) is 12.2 Å². The number of rotatable bonds is 2. The van der Waals surface area contributed by atoms with Gasteiger partial charge in [-0.05, 0) is 0 Å². The van der Waals surface area contributed by atoms with Crippen LogP contribution in [-0.4, -0.2) is 19.6 Å². The molecule has 0 bridgehead atoms. The average molecular weight is 347 g/mol. The van der Waals surface area contributed by atoms with Crippen LogP contribution >= 0.6 is 0 Å². The van der Waals surface area contributed by atoms with Crippen LogP contribution in [0.25, 0.3) is 0 Å². The summed E-state index contributed by atoms with van der Waals surface area (Å²) < 4.78 is 3.63. The third kappa shape index (κ3) is 3.40. The van der Waals surface area contributed by atoms with Gasteiger partial charge in [0.1, 0.15) is 0 Å². The van der Waals surface area contributed by atoms with Crippen molar-refractivity contribution < 1.29 is 17.0 Å². The Bertz CT molecular complexity index is 146. The molecule has 0 aromatic heterocycles. The van der Waals surface area contributed by atoms with Crippen LogP contribution < -0.4 is 17.0 Å². The molecule has 0 aliphatic carbocycles. The summed E-state index contributed by atoms with van der Waals surface area (Å²) in [5, 5.41) is 0. The molecule has 1 fully saturated rings. The van der Waals surface area contributed by atoms with Gasteiger partial charge in [-0.1, -0.05) is 0 Å². The van der Waals surface area contributed by atoms with Crippen LogP contribution in [0.3, 0.4) is 0 Å². The summed E-state index contributed by atoms with van der Waals surface area (Å²) in [6.07, 6.45) is 3.01. The monoisotopic (exact) mass is 348 g/mol. The molecule has 0 amide bonds. The molecular formula is C10H19BrTe. The van der Waals surface area contributed by atoms with Crippen molar-refractivity contribution in [1.82, 2.24) is 0 Å². The normalized spacial score (nSPS) is 29.9. The van der Waals surface area contributed by atoms with Crippen LogP contribution in [0.1, 0.15) is 33.6 Å².